The Labute approximate surface area is 77.4 Å². The zero-order valence-electron chi connectivity index (χ0n) is 7.92. The summed E-state index contributed by atoms with van der Waals surface area (Å²) in [5.74, 6) is 0.851. The van der Waals surface area contributed by atoms with Gasteiger partial charge in [-0.1, -0.05) is 0 Å². The van der Waals surface area contributed by atoms with Crippen molar-refractivity contribution in [3.63, 3.8) is 0 Å². The highest BCUT2D eigenvalue weighted by Gasteiger charge is 2.16. The second-order valence-corrected chi connectivity index (χ2v) is 3.17. The van der Waals surface area contributed by atoms with E-state index in [1.807, 2.05) is 14.0 Å². The van der Waals surface area contributed by atoms with Crippen LogP contribution in [0.25, 0.3) is 0 Å². The fourth-order valence-electron chi connectivity index (χ4n) is 1.51. The molecule has 0 aromatic carbocycles. The van der Waals surface area contributed by atoms with E-state index in [0.29, 0.717) is 19.8 Å². The Morgan fingerprint density at radius 2 is 2.23 bits per heavy atom. The van der Waals surface area contributed by atoms with Crippen molar-refractivity contribution in [2.75, 3.05) is 7.05 Å². The maximum absolute atomic E-state index is 5.31. The summed E-state index contributed by atoms with van der Waals surface area (Å²) in [5, 5.41) is 3.04. The average Bonchev–Trinajstić information content (AvgIpc) is 2.53. The fourth-order valence-corrected chi connectivity index (χ4v) is 1.51. The molecule has 0 saturated heterocycles. The van der Waals surface area contributed by atoms with E-state index in [0.717, 1.165) is 17.2 Å². The van der Waals surface area contributed by atoms with E-state index >= 15 is 0 Å². The Kier molecular flexibility index (Phi) is 2.24. The van der Waals surface area contributed by atoms with Crippen LogP contribution in [0.2, 0.25) is 0 Å². The van der Waals surface area contributed by atoms with Crippen LogP contribution in [0.5, 0.6) is 0 Å². The molecule has 2 heterocycles. The van der Waals surface area contributed by atoms with Gasteiger partial charge >= 0.3 is 0 Å². The molecule has 0 atom stereocenters. The number of nitrogens with zero attached hydrogens (tertiary/aromatic N) is 2. The Hall–Kier alpha value is -1.00. The number of hydrogen-bond donors (Lipinski definition) is 1. The van der Waals surface area contributed by atoms with Crippen LogP contribution < -0.4 is 5.32 Å². The number of hydrogen-bond acceptors (Lipinski definition) is 4. The third kappa shape index (κ3) is 1.55. The van der Waals surface area contributed by atoms with Crippen LogP contribution in [0.3, 0.4) is 0 Å². The van der Waals surface area contributed by atoms with Gasteiger partial charge in [0.25, 0.3) is 0 Å². The van der Waals surface area contributed by atoms with E-state index in [2.05, 4.69) is 15.3 Å². The van der Waals surface area contributed by atoms with Crippen molar-refractivity contribution >= 4 is 0 Å². The molecule has 0 radical (unpaired) electrons. The van der Waals surface area contributed by atoms with Crippen LogP contribution in [0.1, 0.15) is 22.8 Å². The maximum Gasteiger partial charge on any atom is 0.142 e. The van der Waals surface area contributed by atoms with Gasteiger partial charge in [-0.3, -0.25) is 0 Å². The van der Waals surface area contributed by atoms with Gasteiger partial charge in [0.05, 0.1) is 25.5 Å². The first-order valence-electron chi connectivity index (χ1n) is 4.39. The Bertz CT molecular complexity index is 325. The lowest BCUT2D eigenvalue weighted by Gasteiger charge is -2.04. The SMILES string of the molecule is CNCc1nc(C)c2c(n1)COC2. The van der Waals surface area contributed by atoms with Crippen LogP contribution in [-0.4, -0.2) is 17.0 Å². The summed E-state index contributed by atoms with van der Waals surface area (Å²) < 4.78 is 5.31. The van der Waals surface area contributed by atoms with E-state index in [-0.39, 0.29) is 0 Å². The molecule has 0 bridgehead atoms. The molecule has 2 rings (SSSR count). The molecule has 13 heavy (non-hydrogen) atoms. The molecule has 70 valence electrons. The second kappa shape index (κ2) is 3.40. The van der Waals surface area contributed by atoms with E-state index in [1.54, 1.807) is 0 Å². The maximum atomic E-state index is 5.31. The quantitative estimate of drug-likeness (QED) is 0.719. The topological polar surface area (TPSA) is 47.0 Å². The number of rotatable bonds is 2. The van der Waals surface area contributed by atoms with Gasteiger partial charge in [-0.15, -0.1) is 0 Å². The lowest BCUT2D eigenvalue weighted by molar-refractivity contribution is 0.133. The largest absolute Gasteiger partial charge is 0.370 e. The molecule has 4 heteroatoms. The van der Waals surface area contributed by atoms with Crippen molar-refractivity contribution in [1.82, 2.24) is 15.3 Å². The molecule has 1 aromatic heterocycles. The number of ether oxygens (including phenoxy) is 1. The van der Waals surface area contributed by atoms with Crippen molar-refractivity contribution in [3.05, 3.63) is 22.8 Å². The number of aromatic nitrogens is 2. The van der Waals surface area contributed by atoms with Crippen molar-refractivity contribution < 1.29 is 4.74 Å². The third-order valence-electron chi connectivity index (χ3n) is 2.17. The number of aryl methyl sites for hydroxylation is 1. The van der Waals surface area contributed by atoms with E-state index in [4.69, 9.17) is 4.74 Å². The molecule has 0 aliphatic carbocycles. The highest BCUT2D eigenvalue weighted by atomic mass is 16.5. The minimum absolute atomic E-state index is 0.634. The van der Waals surface area contributed by atoms with Gasteiger partial charge in [-0.25, -0.2) is 9.97 Å². The Morgan fingerprint density at radius 1 is 1.38 bits per heavy atom. The summed E-state index contributed by atoms with van der Waals surface area (Å²) in [6.45, 7) is 4.03. The van der Waals surface area contributed by atoms with Crippen LogP contribution in [0.4, 0.5) is 0 Å². The molecule has 1 aliphatic rings. The first-order chi connectivity index (χ1) is 6.31. The lowest BCUT2D eigenvalue weighted by atomic mass is 10.2. The van der Waals surface area contributed by atoms with E-state index < -0.39 is 0 Å². The molecular weight excluding hydrogens is 166 g/mol. The predicted octanol–water partition coefficient (Wildman–Crippen LogP) is 0.535. The number of fused-ring (bicyclic) bond motifs is 1. The monoisotopic (exact) mass is 179 g/mol. The molecule has 1 aromatic rings. The van der Waals surface area contributed by atoms with Gasteiger partial charge in [0, 0.05) is 11.3 Å². The summed E-state index contributed by atoms with van der Waals surface area (Å²) in [5.41, 5.74) is 3.27. The zero-order valence-corrected chi connectivity index (χ0v) is 7.92. The summed E-state index contributed by atoms with van der Waals surface area (Å²) in [4.78, 5) is 8.79. The van der Waals surface area contributed by atoms with E-state index in [1.165, 1.54) is 5.56 Å². The summed E-state index contributed by atoms with van der Waals surface area (Å²) >= 11 is 0. The van der Waals surface area contributed by atoms with Crippen LogP contribution in [-0.2, 0) is 24.5 Å². The van der Waals surface area contributed by atoms with Gasteiger partial charge < -0.3 is 10.1 Å². The van der Waals surface area contributed by atoms with Crippen molar-refractivity contribution in [2.24, 2.45) is 0 Å². The summed E-state index contributed by atoms with van der Waals surface area (Å²) in [6.07, 6.45) is 0. The predicted molar refractivity (Wildman–Crippen MR) is 48.0 cm³/mol. The summed E-state index contributed by atoms with van der Waals surface area (Å²) in [7, 11) is 1.89. The molecular formula is C9H13N3O. The van der Waals surface area contributed by atoms with Gasteiger partial charge in [0.15, 0.2) is 0 Å². The molecule has 0 saturated carbocycles. The fraction of sp³-hybridized carbons (Fsp3) is 0.556. The first-order valence-corrected chi connectivity index (χ1v) is 4.39. The normalized spacial score (nSPS) is 14.6. The molecule has 0 amide bonds. The molecule has 0 fully saturated rings. The molecule has 1 aliphatic heterocycles. The minimum Gasteiger partial charge on any atom is -0.370 e. The first kappa shape index (κ1) is 8.59. The molecule has 4 nitrogen and oxygen atoms in total. The third-order valence-corrected chi connectivity index (χ3v) is 2.17. The second-order valence-electron chi connectivity index (χ2n) is 3.17. The highest BCUT2D eigenvalue weighted by molar-refractivity contribution is 5.26. The highest BCUT2D eigenvalue weighted by Crippen LogP contribution is 2.19. The van der Waals surface area contributed by atoms with Gasteiger partial charge in [-0.05, 0) is 14.0 Å². The van der Waals surface area contributed by atoms with Crippen LogP contribution in [0, 0.1) is 6.92 Å². The van der Waals surface area contributed by atoms with Crippen molar-refractivity contribution in [3.8, 4) is 0 Å². The lowest BCUT2D eigenvalue weighted by Crippen LogP contribution is -2.11. The standard InChI is InChI=1S/C9H13N3O/c1-6-7-4-13-5-8(7)12-9(11-6)3-10-2/h10H,3-5H2,1-2H3. The van der Waals surface area contributed by atoms with Crippen molar-refractivity contribution in [2.45, 2.75) is 26.7 Å². The Morgan fingerprint density at radius 3 is 3.00 bits per heavy atom. The van der Waals surface area contributed by atoms with Crippen LogP contribution >= 0.6 is 0 Å². The number of nitrogens with one attached hydrogen (secondary N) is 1. The van der Waals surface area contributed by atoms with Gasteiger partial charge in [-0.2, -0.15) is 0 Å². The molecule has 1 N–H and O–H groups in total. The molecule has 0 unspecified atom stereocenters. The average molecular weight is 179 g/mol. The van der Waals surface area contributed by atoms with E-state index in [9.17, 15) is 0 Å². The molecule has 0 spiro atoms. The smallest absolute Gasteiger partial charge is 0.142 e. The van der Waals surface area contributed by atoms with Gasteiger partial charge in [0.1, 0.15) is 5.82 Å². The minimum atomic E-state index is 0.634. The van der Waals surface area contributed by atoms with Gasteiger partial charge in [0.2, 0.25) is 0 Å². The van der Waals surface area contributed by atoms with Crippen molar-refractivity contribution in [1.29, 1.82) is 0 Å². The Balaban J connectivity index is 2.37. The zero-order chi connectivity index (χ0) is 9.26. The summed E-state index contributed by atoms with van der Waals surface area (Å²) in [6, 6.07) is 0. The van der Waals surface area contributed by atoms with Crippen LogP contribution in [0.15, 0.2) is 0 Å².